The van der Waals surface area contributed by atoms with Crippen molar-refractivity contribution in [2.75, 3.05) is 0 Å². The van der Waals surface area contributed by atoms with E-state index in [9.17, 15) is 0 Å². The third kappa shape index (κ3) is 5.12. The molecular formula is C58H39NSSi. The van der Waals surface area contributed by atoms with Gasteiger partial charge in [-0.05, 0) is 119 Å². The lowest BCUT2D eigenvalue weighted by Gasteiger charge is -2.21. The zero-order valence-electron chi connectivity index (χ0n) is 33.9. The lowest BCUT2D eigenvalue weighted by atomic mass is 9.95. The molecule has 13 rings (SSSR count). The Bertz CT molecular complexity index is 3660. The molecule has 1 aliphatic rings. The fourth-order valence-corrected chi connectivity index (χ4v) is 14.9. The molecule has 1 aliphatic heterocycles. The van der Waals surface area contributed by atoms with Crippen LogP contribution in [-0.2, 0) is 0 Å². The van der Waals surface area contributed by atoms with Gasteiger partial charge in [0.25, 0.3) is 0 Å². The summed E-state index contributed by atoms with van der Waals surface area (Å²) in [6.45, 7) is 5.09. The quantitative estimate of drug-likeness (QED) is 0.156. The minimum Gasteiger partial charge on any atom is -0.309 e. The molecule has 0 fully saturated rings. The van der Waals surface area contributed by atoms with Gasteiger partial charge in [0.05, 0.1) is 11.0 Å². The van der Waals surface area contributed by atoms with Gasteiger partial charge < -0.3 is 4.57 Å². The van der Waals surface area contributed by atoms with Gasteiger partial charge in [-0.2, -0.15) is 0 Å². The monoisotopic (exact) mass is 809 g/mol. The molecule has 0 atom stereocenters. The summed E-state index contributed by atoms with van der Waals surface area (Å²) >= 11 is 1.91. The van der Waals surface area contributed by atoms with E-state index >= 15 is 0 Å². The molecule has 3 heterocycles. The maximum atomic E-state index is 2.55. The number of aromatic nitrogens is 1. The van der Waals surface area contributed by atoms with Crippen molar-refractivity contribution in [1.82, 2.24) is 4.57 Å². The van der Waals surface area contributed by atoms with Gasteiger partial charge in [0, 0.05) is 36.6 Å². The fraction of sp³-hybridized carbons (Fsp3) is 0.0345. The van der Waals surface area contributed by atoms with Crippen LogP contribution in [0.5, 0.6) is 0 Å². The molecule has 3 heteroatoms. The van der Waals surface area contributed by atoms with Gasteiger partial charge in [0.15, 0.2) is 0 Å². The molecule has 0 saturated heterocycles. The third-order valence-electron chi connectivity index (χ3n) is 13.6. The van der Waals surface area contributed by atoms with Gasteiger partial charge in [-0.1, -0.05) is 171 Å². The number of hydrogen-bond donors (Lipinski definition) is 0. The molecule has 0 radical (unpaired) electrons. The van der Waals surface area contributed by atoms with E-state index in [1.54, 1.807) is 0 Å². The number of nitrogens with zero attached hydrogens (tertiary/aromatic N) is 1. The molecule has 12 aromatic rings. The Morgan fingerprint density at radius 1 is 0.361 bits per heavy atom. The van der Waals surface area contributed by atoms with Crippen LogP contribution >= 0.6 is 11.3 Å². The molecule has 0 spiro atoms. The van der Waals surface area contributed by atoms with Crippen LogP contribution in [0.4, 0.5) is 0 Å². The summed E-state index contributed by atoms with van der Waals surface area (Å²) in [6, 6.07) is 75.3. The number of rotatable bonds is 4. The minimum atomic E-state index is -2.09. The molecule has 0 amide bonds. The molecule has 2 aromatic heterocycles. The van der Waals surface area contributed by atoms with Crippen LogP contribution in [0.3, 0.4) is 0 Å². The summed E-state index contributed by atoms with van der Waals surface area (Å²) in [4.78, 5) is 0. The fourth-order valence-electron chi connectivity index (χ4n) is 10.6. The standard InChI is InChI=1S/C58H39NSSi/c1-61(2)56-34-40(46-21-11-22-50-47-18-7-8-23-55(47)60-58(46)50)24-28-48(56)49-29-27-41(35-57(49)61)59-53-30-25-38(44-19-9-14-36-12-3-5-16-42(36)44)32-51(53)52-33-39(26-31-54(52)59)45-20-10-15-37-13-4-6-17-43(37)45/h3-35H,1-2H3. The second-order valence-corrected chi connectivity index (χ2v) is 22.6. The van der Waals surface area contributed by atoms with Crippen LogP contribution in [-0.4, -0.2) is 12.6 Å². The first-order valence-corrected chi connectivity index (χ1v) is 25.1. The van der Waals surface area contributed by atoms with E-state index in [1.165, 1.54) is 124 Å². The summed E-state index contributed by atoms with van der Waals surface area (Å²) in [5, 5.41) is 13.3. The molecule has 1 nitrogen and oxygen atoms in total. The van der Waals surface area contributed by atoms with Crippen molar-refractivity contribution in [1.29, 1.82) is 0 Å². The average molecular weight is 810 g/mol. The lowest BCUT2D eigenvalue weighted by molar-refractivity contribution is 1.18. The van der Waals surface area contributed by atoms with Crippen molar-refractivity contribution in [3.8, 4) is 50.2 Å². The number of fused-ring (bicyclic) bond motifs is 11. The van der Waals surface area contributed by atoms with Crippen molar-refractivity contribution in [2.24, 2.45) is 0 Å². The van der Waals surface area contributed by atoms with Crippen LogP contribution < -0.4 is 10.4 Å². The topological polar surface area (TPSA) is 4.93 Å². The van der Waals surface area contributed by atoms with E-state index < -0.39 is 8.07 Å². The molecule has 0 bridgehead atoms. The van der Waals surface area contributed by atoms with Crippen molar-refractivity contribution in [3.05, 3.63) is 200 Å². The van der Waals surface area contributed by atoms with Crippen LogP contribution in [0.15, 0.2) is 200 Å². The molecule has 0 N–H and O–H groups in total. The van der Waals surface area contributed by atoms with Crippen LogP contribution in [0.1, 0.15) is 0 Å². The van der Waals surface area contributed by atoms with Crippen LogP contribution in [0.2, 0.25) is 13.1 Å². The second kappa shape index (κ2) is 13.0. The Morgan fingerprint density at radius 3 is 1.52 bits per heavy atom. The van der Waals surface area contributed by atoms with Crippen molar-refractivity contribution in [3.63, 3.8) is 0 Å². The molecular weight excluding hydrogens is 771 g/mol. The first-order chi connectivity index (χ1) is 30.0. The van der Waals surface area contributed by atoms with E-state index in [1.807, 2.05) is 11.3 Å². The predicted molar refractivity (Wildman–Crippen MR) is 267 cm³/mol. The highest BCUT2D eigenvalue weighted by molar-refractivity contribution is 7.26. The summed E-state index contributed by atoms with van der Waals surface area (Å²) in [7, 11) is -2.09. The Labute approximate surface area is 359 Å². The molecule has 10 aromatic carbocycles. The minimum absolute atomic E-state index is 1.22. The third-order valence-corrected chi connectivity index (χ3v) is 18.3. The summed E-state index contributed by atoms with van der Waals surface area (Å²) in [5.74, 6) is 0. The maximum absolute atomic E-state index is 2.55. The van der Waals surface area contributed by atoms with Crippen molar-refractivity contribution < 1.29 is 0 Å². The summed E-state index contributed by atoms with van der Waals surface area (Å²) in [5.41, 5.74) is 14.1. The van der Waals surface area contributed by atoms with Gasteiger partial charge in [-0.25, -0.2) is 0 Å². The van der Waals surface area contributed by atoms with E-state index in [-0.39, 0.29) is 0 Å². The number of hydrogen-bond acceptors (Lipinski definition) is 1. The van der Waals surface area contributed by atoms with E-state index in [4.69, 9.17) is 0 Å². The highest BCUT2D eigenvalue weighted by Crippen LogP contribution is 2.43. The van der Waals surface area contributed by atoms with E-state index in [2.05, 4.69) is 218 Å². The maximum Gasteiger partial charge on any atom is 0.113 e. The predicted octanol–water partition coefficient (Wildman–Crippen LogP) is 15.3. The SMILES string of the molecule is C[Si]1(C)c2cc(-c3cccc4c3sc3ccccc34)ccc2-c2ccc(-n3c4ccc(-c5cccc6ccccc56)cc4c4cc(-c5cccc6ccccc56)ccc43)cc21. The molecule has 0 unspecified atom stereocenters. The lowest BCUT2D eigenvalue weighted by Crippen LogP contribution is -2.49. The number of benzene rings is 10. The van der Waals surface area contributed by atoms with Crippen molar-refractivity contribution in [2.45, 2.75) is 13.1 Å². The van der Waals surface area contributed by atoms with Crippen LogP contribution in [0, 0.1) is 0 Å². The molecule has 0 saturated carbocycles. The summed E-state index contributed by atoms with van der Waals surface area (Å²) < 4.78 is 5.24. The first kappa shape index (κ1) is 34.8. The number of thiophene rings is 1. The van der Waals surface area contributed by atoms with E-state index in [0.29, 0.717) is 0 Å². The zero-order valence-corrected chi connectivity index (χ0v) is 35.7. The highest BCUT2D eigenvalue weighted by Gasteiger charge is 2.38. The smallest absolute Gasteiger partial charge is 0.113 e. The van der Waals surface area contributed by atoms with E-state index in [0.717, 1.165) is 0 Å². The Hall–Kier alpha value is -7.04. The Morgan fingerprint density at radius 2 is 0.852 bits per heavy atom. The van der Waals surface area contributed by atoms with Gasteiger partial charge in [0.2, 0.25) is 0 Å². The Balaban J connectivity index is 0.987. The molecule has 286 valence electrons. The van der Waals surface area contributed by atoms with Crippen molar-refractivity contribution >= 4 is 93.3 Å². The average Bonchev–Trinajstić information content (AvgIpc) is 3.93. The van der Waals surface area contributed by atoms with Crippen LogP contribution in [0.25, 0.3) is 114 Å². The molecule has 61 heavy (non-hydrogen) atoms. The second-order valence-electron chi connectivity index (χ2n) is 17.2. The van der Waals surface area contributed by atoms with Gasteiger partial charge in [0.1, 0.15) is 8.07 Å². The normalized spacial score (nSPS) is 13.2. The van der Waals surface area contributed by atoms with Gasteiger partial charge in [-0.3, -0.25) is 0 Å². The molecule has 0 aliphatic carbocycles. The van der Waals surface area contributed by atoms with Gasteiger partial charge >= 0.3 is 0 Å². The largest absolute Gasteiger partial charge is 0.309 e. The van der Waals surface area contributed by atoms with Gasteiger partial charge in [-0.15, -0.1) is 11.3 Å². The Kier molecular flexibility index (Phi) is 7.40. The first-order valence-electron chi connectivity index (χ1n) is 21.2. The zero-order chi connectivity index (χ0) is 40.4. The highest BCUT2D eigenvalue weighted by atomic mass is 32.1. The summed E-state index contributed by atoms with van der Waals surface area (Å²) in [6.07, 6.45) is 0.